The first-order valence-corrected chi connectivity index (χ1v) is 7.14. The number of aryl methyl sites for hydroxylation is 2. The number of benzene rings is 2. The maximum atomic E-state index is 8.70. The number of rotatable bonds is 4. The Hall–Kier alpha value is -2.24. The van der Waals surface area contributed by atoms with Gasteiger partial charge in [0.1, 0.15) is 19.0 Å². The molecule has 0 atom stereocenters. The van der Waals surface area contributed by atoms with Gasteiger partial charge in [-0.3, -0.25) is 0 Å². The first-order chi connectivity index (χ1) is 10.2. The fourth-order valence-electron chi connectivity index (χ4n) is 2.06. The minimum atomic E-state index is -0.120. The zero-order valence-corrected chi connectivity index (χ0v) is 12.5. The number of aliphatic hydroxyl groups excluding tert-OH is 1. The van der Waals surface area contributed by atoms with Crippen LogP contribution in [0.3, 0.4) is 0 Å². The maximum absolute atomic E-state index is 8.70. The van der Waals surface area contributed by atoms with Gasteiger partial charge in [0.15, 0.2) is 0 Å². The number of hydrogen-bond donors (Lipinski definition) is 1. The van der Waals surface area contributed by atoms with Crippen molar-refractivity contribution in [3.63, 3.8) is 0 Å². The van der Waals surface area contributed by atoms with Crippen molar-refractivity contribution in [3.8, 4) is 17.6 Å². The predicted molar refractivity (Wildman–Crippen MR) is 85.3 cm³/mol. The first-order valence-electron chi connectivity index (χ1n) is 7.14. The smallest absolute Gasteiger partial charge is 0.122 e. The molecule has 0 unspecified atom stereocenters. The van der Waals surface area contributed by atoms with Crippen LogP contribution in [-0.2, 0) is 13.0 Å². The van der Waals surface area contributed by atoms with Crippen LogP contribution in [0, 0.1) is 18.8 Å². The Morgan fingerprint density at radius 3 is 2.38 bits per heavy atom. The third-order valence-corrected chi connectivity index (χ3v) is 3.31. The molecule has 2 rings (SSSR count). The van der Waals surface area contributed by atoms with Gasteiger partial charge in [-0.25, -0.2) is 0 Å². The van der Waals surface area contributed by atoms with Gasteiger partial charge >= 0.3 is 0 Å². The van der Waals surface area contributed by atoms with E-state index in [1.165, 1.54) is 5.56 Å². The molecule has 0 fully saturated rings. The molecule has 0 bridgehead atoms. The molecular formula is C19H20O2. The molecule has 0 aromatic heterocycles. The highest BCUT2D eigenvalue weighted by molar-refractivity contribution is 5.43. The molecule has 2 heteroatoms. The van der Waals surface area contributed by atoms with Gasteiger partial charge in [0.05, 0.1) is 0 Å². The molecule has 0 saturated heterocycles. The molecule has 0 aliphatic heterocycles. The Morgan fingerprint density at radius 1 is 1.05 bits per heavy atom. The SMILES string of the molecule is CCc1ccc(COc2ccc(C#CCO)cc2C)cc1. The van der Waals surface area contributed by atoms with E-state index in [0.717, 1.165) is 28.9 Å². The van der Waals surface area contributed by atoms with Crippen molar-refractivity contribution >= 4 is 0 Å². The topological polar surface area (TPSA) is 29.5 Å². The van der Waals surface area contributed by atoms with E-state index in [2.05, 4.69) is 43.0 Å². The summed E-state index contributed by atoms with van der Waals surface area (Å²) in [5.74, 6) is 6.40. The van der Waals surface area contributed by atoms with Gasteiger partial charge in [0.2, 0.25) is 0 Å². The molecule has 2 aromatic rings. The van der Waals surface area contributed by atoms with Crippen LogP contribution in [0.15, 0.2) is 42.5 Å². The lowest BCUT2D eigenvalue weighted by Gasteiger charge is -2.10. The molecule has 108 valence electrons. The largest absolute Gasteiger partial charge is 0.489 e. The standard InChI is InChI=1S/C19H20O2/c1-3-16-6-8-18(9-7-16)14-21-19-11-10-17(5-4-12-20)13-15(19)2/h6-11,13,20H,3,12,14H2,1-2H3. The highest BCUT2D eigenvalue weighted by Crippen LogP contribution is 2.20. The van der Waals surface area contributed by atoms with E-state index < -0.39 is 0 Å². The van der Waals surface area contributed by atoms with Gasteiger partial charge in [-0.15, -0.1) is 0 Å². The average molecular weight is 280 g/mol. The lowest BCUT2D eigenvalue weighted by atomic mass is 10.1. The molecule has 21 heavy (non-hydrogen) atoms. The second kappa shape index (κ2) is 7.52. The Labute approximate surface area is 126 Å². The molecule has 2 nitrogen and oxygen atoms in total. The van der Waals surface area contributed by atoms with Crippen LogP contribution in [0.4, 0.5) is 0 Å². The number of aliphatic hydroxyl groups is 1. The van der Waals surface area contributed by atoms with Crippen molar-refractivity contribution in [1.82, 2.24) is 0 Å². The molecule has 0 radical (unpaired) electrons. The van der Waals surface area contributed by atoms with E-state index in [1.807, 2.05) is 25.1 Å². The Balaban J connectivity index is 2.02. The fraction of sp³-hybridized carbons (Fsp3) is 0.263. The Kier molecular flexibility index (Phi) is 5.43. The van der Waals surface area contributed by atoms with Gasteiger partial charge in [0, 0.05) is 5.56 Å². The van der Waals surface area contributed by atoms with Crippen molar-refractivity contribution < 1.29 is 9.84 Å². The van der Waals surface area contributed by atoms with Crippen LogP contribution in [0.25, 0.3) is 0 Å². The zero-order chi connectivity index (χ0) is 15.1. The zero-order valence-electron chi connectivity index (χ0n) is 12.5. The van der Waals surface area contributed by atoms with Gasteiger partial charge in [0.25, 0.3) is 0 Å². The summed E-state index contributed by atoms with van der Waals surface area (Å²) >= 11 is 0. The number of hydrogen-bond acceptors (Lipinski definition) is 2. The molecule has 2 aromatic carbocycles. The van der Waals surface area contributed by atoms with Crippen LogP contribution in [0.5, 0.6) is 5.75 Å². The quantitative estimate of drug-likeness (QED) is 0.869. The van der Waals surface area contributed by atoms with E-state index in [9.17, 15) is 0 Å². The van der Waals surface area contributed by atoms with E-state index in [4.69, 9.17) is 9.84 Å². The summed E-state index contributed by atoms with van der Waals surface area (Å²) in [6.07, 6.45) is 1.05. The van der Waals surface area contributed by atoms with Crippen molar-refractivity contribution in [3.05, 3.63) is 64.7 Å². The summed E-state index contributed by atoms with van der Waals surface area (Å²) < 4.78 is 5.86. The summed E-state index contributed by atoms with van der Waals surface area (Å²) in [5, 5.41) is 8.70. The van der Waals surface area contributed by atoms with E-state index >= 15 is 0 Å². The molecule has 0 saturated carbocycles. The van der Waals surface area contributed by atoms with Crippen LogP contribution < -0.4 is 4.74 Å². The minimum Gasteiger partial charge on any atom is -0.489 e. The van der Waals surface area contributed by atoms with Crippen LogP contribution in [-0.4, -0.2) is 11.7 Å². The molecule has 0 heterocycles. The fourth-order valence-corrected chi connectivity index (χ4v) is 2.06. The lowest BCUT2D eigenvalue weighted by molar-refractivity contribution is 0.304. The summed E-state index contributed by atoms with van der Waals surface area (Å²) in [6.45, 7) is 4.59. The second-order valence-electron chi connectivity index (χ2n) is 4.90. The first kappa shape index (κ1) is 15.2. The molecule has 0 aliphatic rings. The van der Waals surface area contributed by atoms with Gasteiger partial charge in [-0.1, -0.05) is 43.0 Å². The highest BCUT2D eigenvalue weighted by Gasteiger charge is 2.01. The van der Waals surface area contributed by atoms with E-state index in [1.54, 1.807) is 0 Å². The van der Waals surface area contributed by atoms with Gasteiger partial charge < -0.3 is 9.84 Å². The monoisotopic (exact) mass is 280 g/mol. The van der Waals surface area contributed by atoms with Crippen molar-refractivity contribution in [2.75, 3.05) is 6.61 Å². The molecule has 0 aliphatic carbocycles. The second-order valence-corrected chi connectivity index (χ2v) is 4.90. The normalized spacial score (nSPS) is 9.86. The van der Waals surface area contributed by atoms with Gasteiger partial charge in [-0.2, -0.15) is 0 Å². The van der Waals surface area contributed by atoms with Crippen LogP contribution in [0.2, 0.25) is 0 Å². The van der Waals surface area contributed by atoms with Gasteiger partial charge in [-0.05, 0) is 48.2 Å². The average Bonchev–Trinajstić information content (AvgIpc) is 2.52. The number of ether oxygens (including phenoxy) is 1. The summed E-state index contributed by atoms with van der Waals surface area (Å²) in [4.78, 5) is 0. The highest BCUT2D eigenvalue weighted by atomic mass is 16.5. The third-order valence-electron chi connectivity index (χ3n) is 3.31. The summed E-state index contributed by atoms with van der Waals surface area (Å²) in [5.41, 5.74) is 4.43. The predicted octanol–water partition coefficient (Wildman–Crippen LogP) is 3.48. The molecule has 0 amide bonds. The maximum Gasteiger partial charge on any atom is 0.122 e. The molecule has 1 N–H and O–H groups in total. The molecular weight excluding hydrogens is 260 g/mol. The van der Waals surface area contributed by atoms with Crippen LogP contribution in [0.1, 0.15) is 29.2 Å². The van der Waals surface area contributed by atoms with E-state index in [-0.39, 0.29) is 6.61 Å². The van der Waals surface area contributed by atoms with Crippen molar-refractivity contribution in [2.45, 2.75) is 26.9 Å². The molecule has 0 spiro atoms. The Morgan fingerprint density at radius 2 is 1.76 bits per heavy atom. The Bertz CT molecular complexity index is 646. The minimum absolute atomic E-state index is 0.120. The van der Waals surface area contributed by atoms with Crippen LogP contribution >= 0.6 is 0 Å². The summed E-state index contributed by atoms with van der Waals surface area (Å²) in [7, 11) is 0. The van der Waals surface area contributed by atoms with E-state index in [0.29, 0.717) is 6.61 Å². The lowest BCUT2D eigenvalue weighted by Crippen LogP contribution is -1.97. The third kappa shape index (κ3) is 4.37. The summed E-state index contributed by atoms with van der Waals surface area (Å²) in [6, 6.07) is 14.3. The van der Waals surface area contributed by atoms with Crippen molar-refractivity contribution in [1.29, 1.82) is 0 Å². The van der Waals surface area contributed by atoms with Crippen molar-refractivity contribution in [2.24, 2.45) is 0 Å².